The summed E-state index contributed by atoms with van der Waals surface area (Å²) in [6, 6.07) is 2.38. The van der Waals surface area contributed by atoms with Gasteiger partial charge in [0.25, 0.3) is 0 Å². The first-order chi connectivity index (χ1) is 9.70. The summed E-state index contributed by atoms with van der Waals surface area (Å²) in [5, 5.41) is 2.91. The molecule has 0 saturated carbocycles. The quantitative estimate of drug-likeness (QED) is 0.834. The number of sulfonamides is 1. The SMILES string of the molecule is Cc1csc(C(C)NS(=O)(=O)c2cc(N)c(C)c(Cl)c2)n1. The molecule has 2 aromatic rings. The molecule has 1 heterocycles. The van der Waals surface area contributed by atoms with Crippen LogP contribution < -0.4 is 10.5 Å². The highest BCUT2D eigenvalue weighted by atomic mass is 35.5. The highest BCUT2D eigenvalue weighted by molar-refractivity contribution is 7.89. The number of rotatable bonds is 4. The average Bonchev–Trinajstić information content (AvgIpc) is 2.81. The van der Waals surface area contributed by atoms with Gasteiger partial charge in [0.2, 0.25) is 10.0 Å². The molecule has 1 atom stereocenters. The van der Waals surface area contributed by atoms with E-state index in [4.69, 9.17) is 17.3 Å². The van der Waals surface area contributed by atoms with Gasteiger partial charge in [-0.05, 0) is 38.5 Å². The number of aryl methyl sites for hydroxylation is 1. The molecule has 5 nitrogen and oxygen atoms in total. The molecule has 1 aromatic carbocycles. The van der Waals surface area contributed by atoms with E-state index in [9.17, 15) is 8.42 Å². The maximum atomic E-state index is 12.4. The number of halogens is 1. The summed E-state index contributed by atoms with van der Waals surface area (Å²) in [6.07, 6.45) is 0. The minimum absolute atomic E-state index is 0.0516. The number of thiazole rings is 1. The van der Waals surface area contributed by atoms with Gasteiger partial charge < -0.3 is 5.73 Å². The third kappa shape index (κ3) is 3.55. The van der Waals surface area contributed by atoms with Crippen LogP contribution in [0, 0.1) is 13.8 Å². The zero-order chi connectivity index (χ0) is 15.8. The number of hydrogen-bond donors (Lipinski definition) is 2. The van der Waals surface area contributed by atoms with Crippen molar-refractivity contribution in [2.75, 3.05) is 5.73 Å². The highest BCUT2D eigenvalue weighted by Gasteiger charge is 2.21. The summed E-state index contributed by atoms with van der Waals surface area (Å²) >= 11 is 7.41. The normalized spacial score (nSPS) is 13.3. The summed E-state index contributed by atoms with van der Waals surface area (Å²) in [5.74, 6) is 0. The molecule has 1 unspecified atom stereocenters. The Balaban J connectivity index is 2.30. The van der Waals surface area contributed by atoms with Crippen LogP contribution >= 0.6 is 22.9 Å². The maximum Gasteiger partial charge on any atom is 0.241 e. The lowest BCUT2D eigenvalue weighted by Gasteiger charge is -2.13. The monoisotopic (exact) mass is 345 g/mol. The van der Waals surface area contributed by atoms with Gasteiger partial charge in [0.1, 0.15) is 5.01 Å². The summed E-state index contributed by atoms with van der Waals surface area (Å²) in [7, 11) is -3.71. The number of hydrogen-bond acceptors (Lipinski definition) is 5. The molecule has 0 aliphatic rings. The molecule has 0 aliphatic carbocycles. The predicted molar refractivity (Wildman–Crippen MR) is 86.2 cm³/mol. The first-order valence-electron chi connectivity index (χ1n) is 6.20. The van der Waals surface area contributed by atoms with Crippen molar-refractivity contribution in [2.45, 2.75) is 31.7 Å². The summed E-state index contributed by atoms with van der Waals surface area (Å²) in [5.41, 5.74) is 7.65. The lowest BCUT2D eigenvalue weighted by molar-refractivity contribution is 0.566. The largest absolute Gasteiger partial charge is 0.398 e. The summed E-state index contributed by atoms with van der Waals surface area (Å²) in [4.78, 5) is 4.33. The Labute approximate surface area is 133 Å². The molecular formula is C13H16ClN3O2S2. The zero-order valence-corrected chi connectivity index (χ0v) is 14.2. The van der Waals surface area contributed by atoms with E-state index in [0.717, 1.165) is 5.69 Å². The molecule has 114 valence electrons. The van der Waals surface area contributed by atoms with Crippen molar-refractivity contribution in [3.63, 3.8) is 0 Å². The van der Waals surface area contributed by atoms with Crippen LogP contribution in [0.4, 0.5) is 5.69 Å². The van der Waals surface area contributed by atoms with Crippen LogP contribution in [0.25, 0.3) is 0 Å². The van der Waals surface area contributed by atoms with E-state index in [2.05, 4.69) is 9.71 Å². The van der Waals surface area contributed by atoms with Gasteiger partial charge in [0, 0.05) is 21.8 Å². The lowest BCUT2D eigenvalue weighted by atomic mass is 10.2. The van der Waals surface area contributed by atoms with E-state index in [1.54, 1.807) is 13.8 Å². The first-order valence-corrected chi connectivity index (χ1v) is 8.95. The second kappa shape index (κ2) is 5.92. The highest BCUT2D eigenvalue weighted by Crippen LogP contribution is 2.27. The fraction of sp³-hybridized carbons (Fsp3) is 0.308. The molecule has 2 rings (SSSR count). The van der Waals surface area contributed by atoms with E-state index in [0.29, 0.717) is 21.3 Å². The van der Waals surface area contributed by atoms with Gasteiger partial charge in [0.15, 0.2) is 0 Å². The average molecular weight is 346 g/mol. The molecule has 0 radical (unpaired) electrons. The summed E-state index contributed by atoms with van der Waals surface area (Å²) in [6.45, 7) is 5.35. The maximum absolute atomic E-state index is 12.4. The molecule has 0 saturated heterocycles. The van der Waals surface area contributed by atoms with Crippen LogP contribution in [-0.2, 0) is 10.0 Å². The topological polar surface area (TPSA) is 85.1 Å². The van der Waals surface area contributed by atoms with Gasteiger partial charge in [-0.25, -0.2) is 18.1 Å². The van der Waals surface area contributed by atoms with Crippen molar-refractivity contribution in [1.82, 2.24) is 9.71 Å². The van der Waals surface area contributed by atoms with E-state index >= 15 is 0 Å². The molecule has 1 aromatic heterocycles. The third-order valence-electron chi connectivity index (χ3n) is 3.01. The van der Waals surface area contributed by atoms with Crippen LogP contribution in [0.15, 0.2) is 22.4 Å². The van der Waals surface area contributed by atoms with Gasteiger partial charge in [-0.3, -0.25) is 0 Å². The van der Waals surface area contributed by atoms with E-state index < -0.39 is 16.1 Å². The first kappa shape index (κ1) is 16.2. The van der Waals surface area contributed by atoms with Crippen molar-refractivity contribution in [2.24, 2.45) is 0 Å². The van der Waals surface area contributed by atoms with Crippen LogP contribution in [0.2, 0.25) is 5.02 Å². The summed E-state index contributed by atoms with van der Waals surface area (Å²) < 4.78 is 27.4. The Morgan fingerprint density at radius 3 is 2.57 bits per heavy atom. The Morgan fingerprint density at radius 2 is 2.05 bits per heavy atom. The zero-order valence-electron chi connectivity index (χ0n) is 11.8. The number of anilines is 1. The van der Waals surface area contributed by atoms with Crippen LogP contribution in [0.3, 0.4) is 0 Å². The molecule has 3 N–H and O–H groups in total. The Morgan fingerprint density at radius 1 is 1.38 bits per heavy atom. The molecule has 0 fully saturated rings. The molecule has 0 spiro atoms. The number of aromatic nitrogens is 1. The molecule has 21 heavy (non-hydrogen) atoms. The van der Waals surface area contributed by atoms with Crippen molar-refractivity contribution in [1.29, 1.82) is 0 Å². The molecule has 0 amide bonds. The standard InChI is InChI=1S/C13H16ClN3O2S2/c1-7-6-20-13(16-7)9(3)17-21(18,19)10-4-11(14)8(2)12(15)5-10/h4-6,9,17H,15H2,1-3H3. The smallest absolute Gasteiger partial charge is 0.241 e. The lowest BCUT2D eigenvalue weighted by Crippen LogP contribution is -2.27. The van der Waals surface area contributed by atoms with Crippen LogP contribution in [0.1, 0.15) is 29.2 Å². The molecule has 8 heteroatoms. The van der Waals surface area contributed by atoms with Gasteiger partial charge >= 0.3 is 0 Å². The minimum atomic E-state index is -3.71. The van der Waals surface area contributed by atoms with Crippen molar-refractivity contribution in [3.05, 3.63) is 38.8 Å². The Bertz CT molecular complexity index is 748. The van der Waals surface area contributed by atoms with Gasteiger partial charge in [-0.1, -0.05) is 11.6 Å². The predicted octanol–water partition coefficient (Wildman–Crippen LogP) is 3.04. The molecule has 0 bridgehead atoms. The molecule has 0 aliphatic heterocycles. The number of nitrogens with zero attached hydrogens (tertiary/aromatic N) is 1. The van der Waals surface area contributed by atoms with E-state index in [1.807, 2.05) is 12.3 Å². The van der Waals surface area contributed by atoms with Gasteiger partial charge in [-0.15, -0.1) is 11.3 Å². The van der Waals surface area contributed by atoms with Crippen molar-refractivity contribution >= 4 is 38.6 Å². The third-order valence-corrected chi connectivity index (χ3v) is 6.07. The Hall–Kier alpha value is -1.15. The van der Waals surface area contributed by atoms with Gasteiger partial charge in [-0.2, -0.15) is 0 Å². The number of nitrogen functional groups attached to an aromatic ring is 1. The molecular weight excluding hydrogens is 330 g/mol. The van der Waals surface area contributed by atoms with Crippen LogP contribution in [0.5, 0.6) is 0 Å². The second-order valence-corrected chi connectivity index (χ2v) is 7.80. The fourth-order valence-corrected chi connectivity index (χ4v) is 4.19. The number of nitrogens with one attached hydrogen (secondary N) is 1. The van der Waals surface area contributed by atoms with Crippen molar-refractivity contribution < 1.29 is 8.42 Å². The Kier molecular flexibility index (Phi) is 4.57. The number of nitrogens with two attached hydrogens (primary N) is 1. The van der Waals surface area contributed by atoms with Gasteiger partial charge in [0.05, 0.1) is 10.9 Å². The van der Waals surface area contributed by atoms with Crippen LogP contribution in [-0.4, -0.2) is 13.4 Å². The number of benzene rings is 1. The van der Waals surface area contributed by atoms with E-state index in [-0.39, 0.29) is 4.90 Å². The van der Waals surface area contributed by atoms with Crippen molar-refractivity contribution in [3.8, 4) is 0 Å². The minimum Gasteiger partial charge on any atom is -0.398 e. The fourth-order valence-electron chi connectivity index (χ4n) is 1.75. The van der Waals surface area contributed by atoms with E-state index in [1.165, 1.54) is 23.5 Å². The second-order valence-electron chi connectivity index (χ2n) is 4.79.